The zero-order valence-corrected chi connectivity index (χ0v) is 24.2. The molecule has 0 unspecified atom stereocenters. The molecule has 7 rings (SSSR count). The Morgan fingerprint density at radius 1 is 0.610 bits per heavy atom. The quantitative estimate of drug-likeness (QED) is 0.203. The number of hydrogen-bond acceptors (Lipinski definition) is 0. The van der Waals surface area contributed by atoms with E-state index < -0.39 is 5.41 Å². The second kappa shape index (κ2) is 12.7. The van der Waals surface area contributed by atoms with Crippen LogP contribution in [0.2, 0.25) is 0 Å². The molecule has 0 atom stereocenters. The smallest absolute Gasteiger partial charge is 0.0713 e. The van der Waals surface area contributed by atoms with Gasteiger partial charge in [-0.2, -0.15) is 0 Å². The highest BCUT2D eigenvalue weighted by Gasteiger charge is 2.47. The molecule has 41 heavy (non-hydrogen) atoms. The molecular weight excluding hydrogens is 492 g/mol. The van der Waals surface area contributed by atoms with Crippen molar-refractivity contribution in [3.63, 3.8) is 0 Å². The molecule has 0 aliphatic heterocycles. The summed E-state index contributed by atoms with van der Waals surface area (Å²) in [6, 6.07) is 44.4. The van der Waals surface area contributed by atoms with E-state index in [1.54, 1.807) is 0 Å². The molecular formula is C41H38. The fourth-order valence-electron chi connectivity index (χ4n) is 6.30. The van der Waals surface area contributed by atoms with Crippen molar-refractivity contribution in [3.05, 3.63) is 187 Å². The molecule has 0 heteroatoms. The van der Waals surface area contributed by atoms with Crippen molar-refractivity contribution < 1.29 is 0 Å². The Hall–Kier alpha value is -4.68. The van der Waals surface area contributed by atoms with Gasteiger partial charge in [0.2, 0.25) is 0 Å². The molecule has 0 N–H and O–H groups in total. The second-order valence-electron chi connectivity index (χ2n) is 10.3. The third kappa shape index (κ3) is 4.81. The molecule has 0 fully saturated rings. The van der Waals surface area contributed by atoms with Crippen molar-refractivity contribution >= 4 is 16.3 Å². The van der Waals surface area contributed by atoms with Crippen molar-refractivity contribution in [1.29, 1.82) is 0 Å². The zero-order valence-electron chi connectivity index (χ0n) is 24.2. The number of rotatable bonds is 3. The predicted molar refractivity (Wildman–Crippen MR) is 179 cm³/mol. The molecule has 2 aliphatic carbocycles. The van der Waals surface area contributed by atoms with Gasteiger partial charge in [0.1, 0.15) is 0 Å². The van der Waals surface area contributed by atoms with Crippen LogP contribution in [0.1, 0.15) is 48.9 Å². The lowest BCUT2D eigenvalue weighted by molar-refractivity contribution is 0.762. The van der Waals surface area contributed by atoms with E-state index in [2.05, 4.69) is 173 Å². The van der Waals surface area contributed by atoms with Crippen LogP contribution in [0.25, 0.3) is 27.5 Å². The summed E-state index contributed by atoms with van der Waals surface area (Å²) in [6.07, 6.45) is 11.5. The number of benzene rings is 5. The van der Waals surface area contributed by atoms with Crippen LogP contribution >= 0.6 is 0 Å². The van der Waals surface area contributed by atoms with Crippen LogP contribution in [0.15, 0.2) is 164 Å². The fourth-order valence-corrected chi connectivity index (χ4v) is 6.30. The largest absolute Gasteiger partial charge is 0.106 e. The van der Waals surface area contributed by atoms with Crippen LogP contribution in [0.3, 0.4) is 0 Å². The SMILES string of the molecule is C1=CC2=C(C=CC1)C(c1ccccc1)(c1ccccc1)c1cc(-c3ccccc3)c3ccccc3c12.C=C.CCC. The van der Waals surface area contributed by atoms with Gasteiger partial charge < -0.3 is 0 Å². The van der Waals surface area contributed by atoms with Crippen LogP contribution in [0.4, 0.5) is 0 Å². The van der Waals surface area contributed by atoms with Crippen LogP contribution in [-0.2, 0) is 5.41 Å². The first-order chi connectivity index (χ1) is 20.3. The Kier molecular flexibility index (Phi) is 8.61. The maximum absolute atomic E-state index is 3.00. The Bertz CT molecular complexity index is 1660. The van der Waals surface area contributed by atoms with Gasteiger partial charge in [-0.25, -0.2) is 0 Å². The standard InChI is InChI=1S/C36H26.C3H8.C2H4/c1-5-15-26(16-6-1)32-25-34-35(30-22-14-13-21-29(30)32)31-23-11-4-12-24-33(31)36(34,27-17-7-2-8-18-27)28-19-9-3-10-20-28;1-3-2;1-2/h1-3,5-25H,4H2;3H2,1-2H3;1-2H2. The van der Waals surface area contributed by atoms with E-state index in [4.69, 9.17) is 0 Å². The first-order valence-electron chi connectivity index (χ1n) is 14.6. The third-order valence-electron chi connectivity index (χ3n) is 7.75. The molecule has 0 heterocycles. The molecule has 0 radical (unpaired) electrons. The van der Waals surface area contributed by atoms with E-state index in [1.807, 2.05) is 0 Å². The fraction of sp³-hybridized carbons (Fsp3) is 0.122. The van der Waals surface area contributed by atoms with Crippen molar-refractivity contribution in [2.45, 2.75) is 32.1 Å². The van der Waals surface area contributed by atoms with Gasteiger partial charge in [0.05, 0.1) is 5.41 Å². The average Bonchev–Trinajstić information content (AvgIpc) is 3.14. The number of fused-ring (bicyclic) bond motifs is 4. The van der Waals surface area contributed by atoms with E-state index in [0.717, 1.165) is 6.42 Å². The van der Waals surface area contributed by atoms with Crippen LogP contribution in [-0.4, -0.2) is 0 Å². The lowest BCUT2D eigenvalue weighted by Crippen LogP contribution is -2.29. The Morgan fingerprint density at radius 3 is 1.68 bits per heavy atom. The summed E-state index contributed by atoms with van der Waals surface area (Å²) in [5.74, 6) is 0. The highest BCUT2D eigenvalue weighted by molar-refractivity contribution is 6.09. The Labute approximate surface area is 245 Å². The van der Waals surface area contributed by atoms with Gasteiger partial charge >= 0.3 is 0 Å². The molecule has 0 saturated carbocycles. The molecule has 0 amide bonds. The zero-order chi connectivity index (χ0) is 28.7. The Morgan fingerprint density at radius 2 is 1.10 bits per heavy atom. The summed E-state index contributed by atoms with van der Waals surface area (Å²) in [4.78, 5) is 0. The highest BCUT2D eigenvalue weighted by Crippen LogP contribution is 2.58. The lowest BCUT2D eigenvalue weighted by Gasteiger charge is -2.35. The van der Waals surface area contributed by atoms with Gasteiger partial charge in [0, 0.05) is 0 Å². The first-order valence-corrected chi connectivity index (χ1v) is 14.6. The van der Waals surface area contributed by atoms with Crippen LogP contribution in [0.5, 0.6) is 0 Å². The van der Waals surface area contributed by atoms with Crippen LogP contribution in [0, 0.1) is 0 Å². The van der Waals surface area contributed by atoms with E-state index >= 15 is 0 Å². The minimum absolute atomic E-state index is 0.397. The van der Waals surface area contributed by atoms with Crippen molar-refractivity contribution in [2.75, 3.05) is 0 Å². The van der Waals surface area contributed by atoms with E-state index in [-0.39, 0.29) is 0 Å². The van der Waals surface area contributed by atoms with Crippen molar-refractivity contribution in [3.8, 4) is 11.1 Å². The predicted octanol–water partition coefficient (Wildman–Crippen LogP) is 11.3. The van der Waals surface area contributed by atoms with E-state index in [9.17, 15) is 0 Å². The summed E-state index contributed by atoms with van der Waals surface area (Å²) in [7, 11) is 0. The monoisotopic (exact) mass is 530 g/mol. The van der Waals surface area contributed by atoms with Crippen LogP contribution < -0.4 is 0 Å². The molecule has 202 valence electrons. The maximum atomic E-state index is 3.00. The third-order valence-corrected chi connectivity index (χ3v) is 7.75. The molecule has 5 aromatic rings. The molecule has 0 saturated heterocycles. The van der Waals surface area contributed by atoms with Gasteiger partial charge in [-0.15, -0.1) is 13.2 Å². The number of allylic oxidation sites excluding steroid dienone is 6. The summed E-state index contributed by atoms with van der Waals surface area (Å²) < 4.78 is 0. The minimum atomic E-state index is -0.397. The topological polar surface area (TPSA) is 0 Å². The summed E-state index contributed by atoms with van der Waals surface area (Å²) >= 11 is 0. The number of hydrogen-bond donors (Lipinski definition) is 0. The minimum Gasteiger partial charge on any atom is -0.106 e. The first kappa shape index (κ1) is 27.9. The molecule has 0 bridgehead atoms. The molecule has 0 spiro atoms. The van der Waals surface area contributed by atoms with Gasteiger partial charge in [-0.05, 0) is 67.8 Å². The average molecular weight is 531 g/mol. The van der Waals surface area contributed by atoms with E-state index in [0.29, 0.717) is 0 Å². The normalized spacial score (nSPS) is 14.2. The highest BCUT2D eigenvalue weighted by atomic mass is 14.5. The van der Waals surface area contributed by atoms with Gasteiger partial charge in [-0.3, -0.25) is 0 Å². The molecule has 5 aromatic carbocycles. The van der Waals surface area contributed by atoms with Crippen molar-refractivity contribution in [1.82, 2.24) is 0 Å². The van der Waals surface area contributed by atoms with Crippen molar-refractivity contribution in [2.24, 2.45) is 0 Å². The lowest BCUT2D eigenvalue weighted by atomic mass is 9.66. The maximum Gasteiger partial charge on any atom is 0.0713 e. The summed E-state index contributed by atoms with van der Waals surface area (Å²) in [6.45, 7) is 10.2. The van der Waals surface area contributed by atoms with Gasteiger partial charge in [-0.1, -0.05) is 160 Å². The molecule has 2 aliphatic rings. The second-order valence-corrected chi connectivity index (χ2v) is 10.3. The Balaban J connectivity index is 0.000000636. The summed E-state index contributed by atoms with van der Waals surface area (Å²) in [5.41, 5.74) is 10.2. The van der Waals surface area contributed by atoms with Gasteiger partial charge in [0.15, 0.2) is 0 Å². The summed E-state index contributed by atoms with van der Waals surface area (Å²) in [5, 5.41) is 2.61. The van der Waals surface area contributed by atoms with Gasteiger partial charge in [0.25, 0.3) is 0 Å². The molecule has 0 aromatic heterocycles. The van der Waals surface area contributed by atoms with E-state index in [1.165, 1.54) is 61.7 Å². The molecule has 0 nitrogen and oxygen atoms in total.